The number of alkyl halides is 2. The number of hydrogen-bond acceptors (Lipinski definition) is 2. The SMILES string of the molecule is Oc1cccc(CC(Br)Br)c1O. The Morgan fingerprint density at radius 2 is 1.92 bits per heavy atom. The Labute approximate surface area is 87.5 Å². The van der Waals surface area contributed by atoms with Gasteiger partial charge in [0, 0.05) is 0 Å². The average Bonchev–Trinajstić information content (AvgIpc) is 1.98. The molecule has 0 aromatic heterocycles. The van der Waals surface area contributed by atoms with E-state index in [2.05, 4.69) is 31.9 Å². The molecule has 0 heterocycles. The highest BCUT2D eigenvalue weighted by Crippen LogP contribution is 2.30. The predicted molar refractivity (Wildman–Crippen MR) is 55.1 cm³/mol. The lowest BCUT2D eigenvalue weighted by Gasteiger charge is -2.05. The molecule has 0 unspecified atom stereocenters. The van der Waals surface area contributed by atoms with Crippen molar-refractivity contribution < 1.29 is 10.2 Å². The fraction of sp³-hybridized carbons (Fsp3) is 0.250. The van der Waals surface area contributed by atoms with Gasteiger partial charge in [-0.25, -0.2) is 0 Å². The number of benzene rings is 1. The van der Waals surface area contributed by atoms with Crippen LogP contribution in [0.25, 0.3) is 0 Å². The Hall–Kier alpha value is -0.220. The van der Waals surface area contributed by atoms with Crippen molar-refractivity contribution >= 4 is 31.9 Å². The molecule has 0 amide bonds. The molecule has 0 aliphatic heterocycles. The third-order valence-electron chi connectivity index (χ3n) is 1.47. The van der Waals surface area contributed by atoms with Crippen LogP contribution in [-0.4, -0.2) is 13.9 Å². The molecular formula is C8H8Br2O2. The largest absolute Gasteiger partial charge is 0.504 e. The quantitative estimate of drug-likeness (QED) is 0.651. The number of phenols is 2. The van der Waals surface area contributed by atoms with Gasteiger partial charge < -0.3 is 10.2 Å². The number of aromatic hydroxyl groups is 2. The summed E-state index contributed by atoms with van der Waals surface area (Å²) in [6.07, 6.45) is 0.625. The van der Waals surface area contributed by atoms with Crippen molar-refractivity contribution in [1.82, 2.24) is 0 Å². The van der Waals surface area contributed by atoms with Gasteiger partial charge in [0.2, 0.25) is 0 Å². The molecule has 0 spiro atoms. The van der Waals surface area contributed by atoms with Crippen molar-refractivity contribution in [3.8, 4) is 11.5 Å². The second-order valence-corrected chi connectivity index (χ2v) is 5.82. The Morgan fingerprint density at radius 3 is 2.50 bits per heavy atom. The summed E-state index contributed by atoms with van der Waals surface area (Å²) in [5, 5.41) is 18.5. The van der Waals surface area contributed by atoms with E-state index >= 15 is 0 Å². The summed E-state index contributed by atoms with van der Waals surface area (Å²) in [7, 11) is 0. The molecule has 0 saturated carbocycles. The lowest BCUT2D eigenvalue weighted by atomic mass is 10.1. The van der Waals surface area contributed by atoms with Crippen LogP contribution in [0.5, 0.6) is 11.5 Å². The Bertz CT molecular complexity index is 274. The normalized spacial score (nSPS) is 10.6. The Balaban J connectivity index is 2.92. The van der Waals surface area contributed by atoms with Crippen LogP contribution >= 0.6 is 31.9 Å². The maximum atomic E-state index is 9.35. The summed E-state index contributed by atoms with van der Waals surface area (Å²) in [4.78, 5) is 0. The van der Waals surface area contributed by atoms with E-state index in [1.807, 2.05) is 0 Å². The number of phenolic OH excluding ortho intramolecular Hbond substituents is 2. The van der Waals surface area contributed by atoms with Crippen molar-refractivity contribution in [2.45, 2.75) is 10.2 Å². The summed E-state index contributed by atoms with van der Waals surface area (Å²) >= 11 is 6.59. The summed E-state index contributed by atoms with van der Waals surface area (Å²) in [5.74, 6) is -0.116. The Morgan fingerprint density at radius 1 is 1.25 bits per heavy atom. The van der Waals surface area contributed by atoms with Crippen LogP contribution in [0.1, 0.15) is 5.56 Å². The number of para-hydroxylation sites is 1. The third kappa shape index (κ3) is 2.38. The standard InChI is InChI=1S/C8H8Br2O2/c9-7(10)4-5-2-1-3-6(11)8(5)12/h1-3,7,11-12H,4H2. The fourth-order valence-electron chi connectivity index (χ4n) is 0.909. The summed E-state index contributed by atoms with van der Waals surface area (Å²) in [6.45, 7) is 0. The van der Waals surface area contributed by atoms with E-state index in [4.69, 9.17) is 5.11 Å². The van der Waals surface area contributed by atoms with Crippen molar-refractivity contribution in [2.24, 2.45) is 0 Å². The average molecular weight is 296 g/mol. The monoisotopic (exact) mass is 294 g/mol. The molecule has 0 aliphatic rings. The molecular weight excluding hydrogens is 288 g/mol. The number of hydrogen-bond donors (Lipinski definition) is 2. The van der Waals surface area contributed by atoms with Gasteiger partial charge in [-0.3, -0.25) is 0 Å². The molecule has 0 radical (unpaired) electrons. The first-order chi connectivity index (χ1) is 5.61. The molecule has 1 rings (SSSR count). The highest BCUT2D eigenvalue weighted by Gasteiger charge is 2.08. The fourth-order valence-corrected chi connectivity index (χ4v) is 1.61. The van der Waals surface area contributed by atoms with E-state index in [-0.39, 0.29) is 15.2 Å². The molecule has 1 aromatic rings. The topological polar surface area (TPSA) is 40.5 Å². The minimum atomic E-state index is -0.0758. The van der Waals surface area contributed by atoms with Gasteiger partial charge in [0.1, 0.15) is 0 Å². The molecule has 0 saturated heterocycles. The number of rotatable bonds is 2. The Kier molecular flexibility index (Phi) is 3.40. The lowest BCUT2D eigenvalue weighted by molar-refractivity contribution is 0.400. The zero-order valence-corrected chi connectivity index (χ0v) is 9.34. The first kappa shape index (κ1) is 9.86. The van der Waals surface area contributed by atoms with E-state index in [1.165, 1.54) is 6.07 Å². The first-order valence-electron chi connectivity index (χ1n) is 3.39. The molecule has 2 N–H and O–H groups in total. The van der Waals surface area contributed by atoms with Gasteiger partial charge >= 0.3 is 0 Å². The molecule has 0 atom stereocenters. The van der Waals surface area contributed by atoms with E-state index in [1.54, 1.807) is 12.1 Å². The predicted octanol–water partition coefficient (Wildman–Crippen LogP) is 2.76. The van der Waals surface area contributed by atoms with Crippen LogP contribution in [0.2, 0.25) is 0 Å². The summed E-state index contributed by atoms with van der Waals surface area (Å²) < 4.78 is 0.109. The second-order valence-electron chi connectivity index (χ2n) is 2.38. The smallest absolute Gasteiger partial charge is 0.160 e. The zero-order valence-electron chi connectivity index (χ0n) is 6.17. The molecule has 0 bridgehead atoms. The van der Waals surface area contributed by atoms with Crippen molar-refractivity contribution in [2.75, 3.05) is 0 Å². The second kappa shape index (κ2) is 4.14. The van der Waals surface area contributed by atoms with Gasteiger partial charge in [0.15, 0.2) is 11.5 Å². The lowest BCUT2D eigenvalue weighted by Crippen LogP contribution is -1.92. The van der Waals surface area contributed by atoms with E-state index < -0.39 is 0 Å². The van der Waals surface area contributed by atoms with Crippen LogP contribution in [0.3, 0.4) is 0 Å². The molecule has 66 valence electrons. The molecule has 1 aromatic carbocycles. The van der Waals surface area contributed by atoms with Gasteiger partial charge in [-0.2, -0.15) is 0 Å². The van der Waals surface area contributed by atoms with Gasteiger partial charge in [0.05, 0.1) is 3.74 Å². The van der Waals surface area contributed by atoms with Crippen LogP contribution in [0.15, 0.2) is 18.2 Å². The molecule has 2 nitrogen and oxygen atoms in total. The van der Waals surface area contributed by atoms with E-state index in [0.717, 1.165) is 0 Å². The highest BCUT2D eigenvalue weighted by molar-refractivity contribution is 9.24. The molecule has 0 aliphatic carbocycles. The molecule has 12 heavy (non-hydrogen) atoms. The zero-order chi connectivity index (χ0) is 9.14. The third-order valence-corrected chi connectivity index (χ3v) is 2.12. The van der Waals surface area contributed by atoms with Gasteiger partial charge in [-0.1, -0.05) is 44.0 Å². The van der Waals surface area contributed by atoms with Crippen molar-refractivity contribution in [3.63, 3.8) is 0 Å². The van der Waals surface area contributed by atoms with Crippen LogP contribution < -0.4 is 0 Å². The highest BCUT2D eigenvalue weighted by atomic mass is 79.9. The maximum absolute atomic E-state index is 9.35. The summed E-state index contributed by atoms with van der Waals surface area (Å²) in [5.41, 5.74) is 0.716. The molecule has 0 fully saturated rings. The number of halogens is 2. The van der Waals surface area contributed by atoms with Crippen molar-refractivity contribution in [3.05, 3.63) is 23.8 Å². The van der Waals surface area contributed by atoms with Crippen molar-refractivity contribution in [1.29, 1.82) is 0 Å². The van der Waals surface area contributed by atoms with E-state index in [9.17, 15) is 5.11 Å². The minimum absolute atomic E-state index is 0.0404. The van der Waals surface area contributed by atoms with Gasteiger partial charge in [-0.15, -0.1) is 0 Å². The molecule has 4 heteroatoms. The van der Waals surface area contributed by atoms with E-state index in [0.29, 0.717) is 12.0 Å². The maximum Gasteiger partial charge on any atom is 0.160 e. The van der Waals surface area contributed by atoms with Gasteiger partial charge in [-0.05, 0) is 18.1 Å². The summed E-state index contributed by atoms with van der Waals surface area (Å²) in [6, 6.07) is 4.92. The van der Waals surface area contributed by atoms with Crippen LogP contribution in [0, 0.1) is 0 Å². The van der Waals surface area contributed by atoms with Gasteiger partial charge in [0.25, 0.3) is 0 Å². The minimum Gasteiger partial charge on any atom is -0.504 e. The van der Waals surface area contributed by atoms with Crippen LogP contribution in [-0.2, 0) is 6.42 Å². The van der Waals surface area contributed by atoms with Crippen LogP contribution in [0.4, 0.5) is 0 Å². The first-order valence-corrected chi connectivity index (χ1v) is 5.22.